The molecule has 0 aromatic heterocycles. The van der Waals surface area contributed by atoms with E-state index >= 15 is 0 Å². The summed E-state index contributed by atoms with van der Waals surface area (Å²) in [6.07, 6.45) is 1.55. The fraction of sp³-hybridized carbons (Fsp3) is 0.357. The zero-order valence-corrected chi connectivity index (χ0v) is 10.4. The summed E-state index contributed by atoms with van der Waals surface area (Å²) in [6.45, 7) is 7.80. The van der Waals surface area contributed by atoms with E-state index in [4.69, 9.17) is 4.74 Å². The SMILES string of the molecule is C=CN1C(=O)c2ccccc2C1(OC)C(C)C. The van der Waals surface area contributed by atoms with Gasteiger partial charge in [-0.1, -0.05) is 38.6 Å². The maximum Gasteiger partial charge on any atom is 0.260 e. The van der Waals surface area contributed by atoms with E-state index < -0.39 is 5.72 Å². The number of amides is 1. The van der Waals surface area contributed by atoms with Gasteiger partial charge in [0.1, 0.15) is 0 Å². The van der Waals surface area contributed by atoms with Crippen LogP contribution in [0, 0.1) is 5.92 Å². The topological polar surface area (TPSA) is 29.5 Å². The maximum atomic E-state index is 12.3. The van der Waals surface area contributed by atoms with Crippen molar-refractivity contribution in [3.8, 4) is 0 Å². The highest BCUT2D eigenvalue weighted by Crippen LogP contribution is 2.44. The number of hydrogen-bond donors (Lipinski definition) is 0. The quantitative estimate of drug-likeness (QED) is 0.800. The third-order valence-electron chi connectivity index (χ3n) is 3.40. The van der Waals surface area contributed by atoms with Gasteiger partial charge in [-0.25, -0.2) is 0 Å². The highest BCUT2D eigenvalue weighted by atomic mass is 16.5. The second-order valence-corrected chi connectivity index (χ2v) is 4.46. The molecule has 0 aliphatic carbocycles. The number of rotatable bonds is 3. The third kappa shape index (κ3) is 1.35. The van der Waals surface area contributed by atoms with Gasteiger partial charge in [-0.05, 0) is 6.07 Å². The predicted octanol–water partition coefficient (Wildman–Crippen LogP) is 2.74. The molecule has 1 unspecified atom stereocenters. The molecule has 0 bridgehead atoms. The number of carbonyl (C=O) groups is 1. The van der Waals surface area contributed by atoms with Crippen LogP contribution >= 0.6 is 0 Å². The molecule has 1 aromatic carbocycles. The highest BCUT2D eigenvalue weighted by Gasteiger charge is 2.51. The van der Waals surface area contributed by atoms with Crippen LogP contribution in [0.3, 0.4) is 0 Å². The zero-order valence-electron chi connectivity index (χ0n) is 10.4. The zero-order chi connectivity index (χ0) is 12.6. The lowest BCUT2D eigenvalue weighted by atomic mass is 9.91. The average Bonchev–Trinajstić information content (AvgIpc) is 2.59. The van der Waals surface area contributed by atoms with Gasteiger partial charge in [0, 0.05) is 30.4 Å². The molecule has 0 saturated heterocycles. The summed E-state index contributed by atoms with van der Waals surface area (Å²) in [5, 5.41) is 0. The Labute approximate surface area is 102 Å². The van der Waals surface area contributed by atoms with Crippen molar-refractivity contribution < 1.29 is 9.53 Å². The van der Waals surface area contributed by atoms with Gasteiger partial charge in [0.2, 0.25) is 0 Å². The lowest BCUT2D eigenvalue weighted by Gasteiger charge is -2.39. The van der Waals surface area contributed by atoms with Crippen LogP contribution < -0.4 is 0 Å². The van der Waals surface area contributed by atoms with E-state index in [9.17, 15) is 4.79 Å². The van der Waals surface area contributed by atoms with Gasteiger partial charge in [0.05, 0.1) is 0 Å². The molecule has 1 aliphatic heterocycles. The van der Waals surface area contributed by atoms with Gasteiger partial charge >= 0.3 is 0 Å². The van der Waals surface area contributed by atoms with Gasteiger partial charge in [0.15, 0.2) is 5.72 Å². The molecule has 0 radical (unpaired) electrons. The largest absolute Gasteiger partial charge is 0.354 e. The molecule has 17 heavy (non-hydrogen) atoms. The minimum absolute atomic E-state index is 0.0499. The first-order valence-electron chi connectivity index (χ1n) is 5.70. The van der Waals surface area contributed by atoms with Crippen molar-refractivity contribution in [1.29, 1.82) is 0 Å². The average molecular weight is 231 g/mol. The maximum absolute atomic E-state index is 12.3. The van der Waals surface area contributed by atoms with Gasteiger partial charge < -0.3 is 4.74 Å². The Balaban J connectivity index is 2.72. The van der Waals surface area contributed by atoms with Crippen molar-refractivity contribution in [2.24, 2.45) is 5.92 Å². The Morgan fingerprint density at radius 1 is 1.41 bits per heavy atom. The number of carbonyl (C=O) groups excluding carboxylic acids is 1. The summed E-state index contributed by atoms with van der Waals surface area (Å²) in [7, 11) is 1.63. The van der Waals surface area contributed by atoms with Crippen LogP contribution in [0.5, 0.6) is 0 Å². The standard InChI is InChI=1S/C14H17NO2/c1-5-15-13(16)11-8-6-7-9-12(11)14(15,17-4)10(2)3/h5-10H,1H2,2-4H3. The molecule has 3 heteroatoms. The fourth-order valence-corrected chi connectivity index (χ4v) is 2.64. The summed E-state index contributed by atoms with van der Waals surface area (Å²) >= 11 is 0. The number of methoxy groups -OCH3 is 1. The minimum Gasteiger partial charge on any atom is -0.354 e. The molecule has 1 aliphatic rings. The monoisotopic (exact) mass is 231 g/mol. The molecule has 2 rings (SSSR count). The summed E-state index contributed by atoms with van der Waals surface area (Å²) < 4.78 is 5.69. The Kier molecular flexibility index (Phi) is 2.79. The van der Waals surface area contributed by atoms with Crippen LogP contribution in [-0.4, -0.2) is 17.9 Å². The molecule has 1 atom stereocenters. The molecule has 1 aromatic rings. The van der Waals surface area contributed by atoms with E-state index in [0.717, 1.165) is 5.56 Å². The number of hydrogen-bond acceptors (Lipinski definition) is 2. The van der Waals surface area contributed by atoms with Gasteiger partial charge in [0.25, 0.3) is 5.91 Å². The first kappa shape index (κ1) is 11.9. The second-order valence-electron chi connectivity index (χ2n) is 4.46. The van der Waals surface area contributed by atoms with Crippen LogP contribution in [-0.2, 0) is 10.5 Å². The van der Waals surface area contributed by atoms with E-state index in [-0.39, 0.29) is 11.8 Å². The molecular formula is C14H17NO2. The first-order valence-corrected chi connectivity index (χ1v) is 5.70. The van der Waals surface area contributed by atoms with Gasteiger partial charge in [-0.3, -0.25) is 9.69 Å². The molecule has 0 fully saturated rings. The van der Waals surface area contributed by atoms with Crippen molar-refractivity contribution in [3.05, 3.63) is 48.2 Å². The van der Waals surface area contributed by atoms with Crippen LogP contribution in [0.2, 0.25) is 0 Å². The van der Waals surface area contributed by atoms with Crippen molar-refractivity contribution >= 4 is 5.91 Å². The Morgan fingerprint density at radius 2 is 2.06 bits per heavy atom. The molecule has 0 N–H and O–H groups in total. The van der Waals surface area contributed by atoms with Gasteiger partial charge in [-0.15, -0.1) is 0 Å². The molecular weight excluding hydrogens is 214 g/mol. The van der Waals surface area contributed by atoms with E-state index in [1.54, 1.807) is 18.2 Å². The van der Waals surface area contributed by atoms with Crippen LogP contribution in [0.4, 0.5) is 0 Å². The number of nitrogens with zero attached hydrogens (tertiary/aromatic N) is 1. The van der Waals surface area contributed by atoms with Crippen molar-refractivity contribution in [2.45, 2.75) is 19.6 Å². The van der Waals surface area contributed by atoms with Crippen LogP contribution in [0.1, 0.15) is 29.8 Å². The summed E-state index contributed by atoms with van der Waals surface area (Å²) in [6, 6.07) is 7.57. The van der Waals surface area contributed by atoms with E-state index in [1.807, 2.05) is 38.1 Å². The van der Waals surface area contributed by atoms with Crippen LogP contribution in [0.25, 0.3) is 0 Å². The normalized spacial score (nSPS) is 23.1. The number of ether oxygens (including phenoxy) is 1. The predicted molar refractivity (Wildman–Crippen MR) is 66.3 cm³/mol. The van der Waals surface area contributed by atoms with Crippen LogP contribution in [0.15, 0.2) is 37.0 Å². The van der Waals surface area contributed by atoms with Crippen molar-refractivity contribution in [2.75, 3.05) is 7.11 Å². The highest BCUT2D eigenvalue weighted by molar-refractivity contribution is 6.00. The molecule has 0 spiro atoms. The van der Waals surface area contributed by atoms with Crippen molar-refractivity contribution in [3.63, 3.8) is 0 Å². The smallest absolute Gasteiger partial charge is 0.260 e. The second kappa shape index (κ2) is 4.00. The van der Waals surface area contributed by atoms with Crippen molar-refractivity contribution in [1.82, 2.24) is 4.90 Å². The summed E-state index contributed by atoms with van der Waals surface area (Å²) in [4.78, 5) is 13.9. The molecule has 1 amide bonds. The number of fused-ring (bicyclic) bond motifs is 1. The Bertz CT molecular complexity index is 467. The molecule has 1 heterocycles. The third-order valence-corrected chi connectivity index (χ3v) is 3.40. The van der Waals surface area contributed by atoms with E-state index in [0.29, 0.717) is 5.56 Å². The first-order chi connectivity index (χ1) is 8.09. The van der Waals surface area contributed by atoms with E-state index in [1.165, 1.54) is 0 Å². The summed E-state index contributed by atoms with van der Waals surface area (Å²) in [5.74, 6) is 0.0873. The molecule has 0 saturated carbocycles. The fourth-order valence-electron chi connectivity index (χ4n) is 2.64. The van der Waals surface area contributed by atoms with E-state index in [2.05, 4.69) is 6.58 Å². The molecule has 3 nitrogen and oxygen atoms in total. The lowest BCUT2D eigenvalue weighted by molar-refractivity contribution is -0.129. The minimum atomic E-state index is -0.727. The summed E-state index contributed by atoms with van der Waals surface area (Å²) in [5.41, 5.74) is 0.889. The Morgan fingerprint density at radius 3 is 2.59 bits per heavy atom. The lowest BCUT2D eigenvalue weighted by Crippen LogP contribution is -2.46. The molecule has 90 valence electrons. The van der Waals surface area contributed by atoms with Gasteiger partial charge in [-0.2, -0.15) is 0 Å². The number of benzene rings is 1. The Hall–Kier alpha value is -1.61.